The van der Waals surface area contributed by atoms with Crippen LogP contribution in [0.15, 0.2) is 206 Å². The van der Waals surface area contributed by atoms with Crippen LogP contribution in [0.1, 0.15) is 0 Å². The SMILES string of the molecule is c1ccc(-c2c3ccccc3c(-c3cccc4sc5cc(-c6c7ccccc7c(-c7cccc8c7sc7ccccc78)c7ccccc67)ccc5c34)c3ccccc23)cc1. The third kappa shape index (κ3) is 4.90. The van der Waals surface area contributed by atoms with Gasteiger partial charge in [-0.05, 0) is 100 Å². The van der Waals surface area contributed by atoms with Crippen molar-refractivity contribution in [1.29, 1.82) is 0 Å². The van der Waals surface area contributed by atoms with Gasteiger partial charge in [-0.15, -0.1) is 22.7 Å². The summed E-state index contributed by atoms with van der Waals surface area (Å²) in [6, 6.07) is 76.8. The van der Waals surface area contributed by atoms with E-state index in [9.17, 15) is 0 Å². The van der Waals surface area contributed by atoms with Crippen molar-refractivity contribution in [2.75, 3.05) is 0 Å². The molecule has 0 saturated heterocycles. The first-order chi connectivity index (χ1) is 29.8. The first-order valence-corrected chi connectivity index (χ1v) is 22.2. The quantitative estimate of drug-likeness (QED) is 0.156. The van der Waals surface area contributed by atoms with Gasteiger partial charge in [0.05, 0.1) is 0 Å². The molecule has 60 heavy (non-hydrogen) atoms. The van der Waals surface area contributed by atoms with Crippen molar-refractivity contribution in [3.05, 3.63) is 206 Å². The Labute approximate surface area is 354 Å². The Bertz CT molecular complexity index is 3770. The molecule has 2 heteroatoms. The van der Waals surface area contributed by atoms with Gasteiger partial charge < -0.3 is 0 Å². The molecule has 0 aliphatic rings. The third-order valence-corrected chi connectivity index (χ3v) is 15.0. The maximum Gasteiger partial charge on any atom is 0.0434 e. The summed E-state index contributed by atoms with van der Waals surface area (Å²) < 4.78 is 5.29. The van der Waals surface area contributed by atoms with Crippen LogP contribution in [0, 0.1) is 0 Å². The standard InChI is InChI=1S/C58H34S2/c1-2-16-35(17-3-1)53-38-19-4-8-23-42(38)55(43-24-9-5-20-39(43)53)48-28-15-31-51-57(48)47-33-32-36(34-52(47)59-51)54-40-21-6-10-25-44(40)56(45-26-11-7-22-41(45)54)49-29-14-27-46-37-18-12-13-30-50(37)60-58(46)49/h1-34H. The molecule has 278 valence electrons. The van der Waals surface area contributed by atoms with Gasteiger partial charge in [0.15, 0.2) is 0 Å². The second-order valence-corrected chi connectivity index (χ2v) is 18.0. The minimum absolute atomic E-state index is 1.24. The average Bonchev–Trinajstić information content (AvgIpc) is 3.89. The van der Waals surface area contributed by atoms with Crippen molar-refractivity contribution in [1.82, 2.24) is 0 Å². The number of thiophene rings is 2. The van der Waals surface area contributed by atoms with Crippen LogP contribution in [0.3, 0.4) is 0 Å². The Morgan fingerprint density at radius 1 is 0.233 bits per heavy atom. The second kappa shape index (κ2) is 13.2. The molecule has 11 aromatic carbocycles. The number of rotatable bonds is 4. The van der Waals surface area contributed by atoms with E-state index in [1.165, 1.54) is 128 Å². The first kappa shape index (κ1) is 33.8. The van der Waals surface area contributed by atoms with E-state index in [1.54, 1.807) is 0 Å². The maximum atomic E-state index is 2.46. The predicted molar refractivity (Wildman–Crippen MR) is 264 cm³/mol. The fourth-order valence-electron chi connectivity index (χ4n) is 10.2. The zero-order valence-electron chi connectivity index (χ0n) is 32.4. The molecule has 0 spiro atoms. The van der Waals surface area contributed by atoms with Crippen LogP contribution in [0.25, 0.3) is 128 Å². The molecule has 2 heterocycles. The number of hydrogen-bond acceptors (Lipinski definition) is 2. The monoisotopic (exact) mass is 794 g/mol. The van der Waals surface area contributed by atoms with E-state index in [4.69, 9.17) is 0 Å². The van der Waals surface area contributed by atoms with E-state index in [1.807, 2.05) is 22.7 Å². The van der Waals surface area contributed by atoms with E-state index >= 15 is 0 Å². The average molecular weight is 795 g/mol. The molecule has 0 saturated carbocycles. The normalized spacial score (nSPS) is 12.0. The molecule has 0 unspecified atom stereocenters. The van der Waals surface area contributed by atoms with Gasteiger partial charge in [0.1, 0.15) is 0 Å². The summed E-state index contributed by atoms with van der Waals surface area (Å²) in [4.78, 5) is 0. The lowest BCUT2D eigenvalue weighted by molar-refractivity contribution is 1.67. The minimum Gasteiger partial charge on any atom is -0.135 e. The van der Waals surface area contributed by atoms with Crippen LogP contribution in [0.4, 0.5) is 0 Å². The van der Waals surface area contributed by atoms with Crippen molar-refractivity contribution in [3.8, 4) is 44.5 Å². The molecular formula is C58H34S2. The van der Waals surface area contributed by atoms with Gasteiger partial charge >= 0.3 is 0 Å². The molecule has 0 radical (unpaired) electrons. The number of hydrogen-bond donors (Lipinski definition) is 0. The highest BCUT2D eigenvalue weighted by molar-refractivity contribution is 7.26. The topological polar surface area (TPSA) is 0 Å². The molecular weight excluding hydrogens is 761 g/mol. The Hall–Kier alpha value is -7.10. The van der Waals surface area contributed by atoms with Crippen molar-refractivity contribution >= 4 is 106 Å². The first-order valence-electron chi connectivity index (χ1n) is 20.6. The van der Waals surface area contributed by atoms with Gasteiger partial charge in [-0.25, -0.2) is 0 Å². The fourth-order valence-corrected chi connectivity index (χ4v) is 12.6. The smallest absolute Gasteiger partial charge is 0.0434 e. The van der Waals surface area contributed by atoms with Crippen molar-refractivity contribution in [3.63, 3.8) is 0 Å². The lowest BCUT2D eigenvalue weighted by Gasteiger charge is -2.18. The van der Waals surface area contributed by atoms with E-state index in [-0.39, 0.29) is 0 Å². The molecule has 0 aliphatic heterocycles. The maximum absolute atomic E-state index is 2.46. The summed E-state index contributed by atoms with van der Waals surface area (Å²) in [7, 11) is 0. The zero-order chi connectivity index (χ0) is 39.3. The van der Waals surface area contributed by atoms with Crippen molar-refractivity contribution in [2.24, 2.45) is 0 Å². The van der Waals surface area contributed by atoms with Gasteiger partial charge in [-0.3, -0.25) is 0 Å². The fraction of sp³-hybridized carbons (Fsp3) is 0. The molecule has 2 aromatic heterocycles. The van der Waals surface area contributed by atoms with Crippen LogP contribution in [0.5, 0.6) is 0 Å². The Kier molecular flexibility index (Phi) is 7.45. The molecule has 0 atom stereocenters. The molecule has 0 aliphatic carbocycles. The third-order valence-electron chi connectivity index (χ3n) is 12.7. The second-order valence-electron chi connectivity index (χ2n) is 15.8. The van der Waals surface area contributed by atoms with Gasteiger partial charge in [-0.2, -0.15) is 0 Å². The minimum atomic E-state index is 1.24. The summed E-state index contributed by atoms with van der Waals surface area (Å²) in [6.45, 7) is 0. The molecule has 13 aromatic rings. The van der Waals surface area contributed by atoms with Crippen LogP contribution < -0.4 is 0 Å². The van der Waals surface area contributed by atoms with Gasteiger partial charge in [-0.1, -0.05) is 188 Å². The molecule has 0 nitrogen and oxygen atoms in total. The van der Waals surface area contributed by atoms with Crippen LogP contribution >= 0.6 is 22.7 Å². The summed E-state index contributed by atoms with van der Waals surface area (Å²) >= 11 is 3.81. The highest BCUT2D eigenvalue weighted by atomic mass is 32.1. The van der Waals surface area contributed by atoms with Crippen molar-refractivity contribution < 1.29 is 0 Å². The molecule has 0 bridgehead atoms. The molecule has 0 fully saturated rings. The number of benzene rings is 11. The van der Waals surface area contributed by atoms with Crippen LogP contribution in [-0.4, -0.2) is 0 Å². The molecule has 0 amide bonds. The summed E-state index contributed by atoms with van der Waals surface area (Å²) in [6.07, 6.45) is 0. The Balaban J connectivity index is 1.06. The Morgan fingerprint density at radius 3 is 1.30 bits per heavy atom. The van der Waals surface area contributed by atoms with Crippen LogP contribution in [0.2, 0.25) is 0 Å². The van der Waals surface area contributed by atoms with Crippen molar-refractivity contribution in [2.45, 2.75) is 0 Å². The predicted octanol–water partition coefficient (Wildman–Crippen LogP) is 17.7. The highest BCUT2D eigenvalue weighted by Crippen LogP contribution is 2.51. The lowest BCUT2D eigenvalue weighted by atomic mass is 9.84. The lowest BCUT2D eigenvalue weighted by Crippen LogP contribution is -1.91. The summed E-state index contributed by atoms with van der Waals surface area (Å²) in [5, 5.41) is 15.5. The van der Waals surface area contributed by atoms with E-state index < -0.39 is 0 Å². The van der Waals surface area contributed by atoms with Gasteiger partial charge in [0, 0.05) is 45.9 Å². The molecule has 0 N–H and O–H groups in total. The van der Waals surface area contributed by atoms with Gasteiger partial charge in [0.25, 0.3) is 0 Å². The van der Waals surface area contributed by atoms with E-state index in [2.05, 4.69) is 206 Å². The summed E-state index contributed by atoms with van der Waals surface area (Å²) in [5.41, 5.74) is 10.3. The number of fused-ring (bicyclic) bond motifs is 10. The van der Waals surface area contributed by atoms with Crippen LogP contribution in [-0.2, 0) is 0 Å². The Morgan fingerprint density at radius 2 is 0.683 bits per heavy atom. The highest BCUT2D eigenvalue weighted by Gasteiger charge is 2.22. The zero-order valence-corrected chi connectivity index (χ0v) is 34.1. The molecule has 13 rings (SSSR count). The van der Waals surface area contributed by atoms with Gasteiger partial charge in [0.2, 0.25) is 0 Å². The van der Waals surface area contributed by atoms with E-state index in [0.717, 1.165) is 0 Å². The largest absolute Gasteiger partial charge is 0.135 e. The van der Waals surface area contributed by atoms with E-state index in [0.29, 0.717) is 0 Å². The summed E-state index contributed by atoms with van der Waals surface area (Å²) in [5.74, 6) is 0.